The monoisotopic (exact) mass is 135 g/mol. The van der Waals surface area contributed by atoms with Crippen LogP contribution in [0, 0.1) is 6.92 Å². The van der Waals surface area contributed by atoms with Crippen molar-refractivity contribution in [1.29, 1.82) is 0 Å². The third-order valence-electron chi connectivity index (χ3n) is 1.56. The summed E-state index contributed by atoms with van der Waals surface area (Å²) < 4.78 is 7.37. The van der Waals surface area contributed by atoms with Crippen LogP contribution in [0.3, 0.4) is 0 Å². The fourth-order valence-corrected chi connectivity index (χ4v) is 0.960. The van der Waals surface area contributed by atoms with Gasteiger partial charge in [0.05, 0.1) is 0 Å². The van der Waals surface area contributed by atoms with E-state index in [1.165, 1.54) is 11.1 Å². The fraction of sp³-hybridized carbons (Fsp3) is 0.400. The van der Waals surface area contributed by atoms with Crippen molar-refractivity contribution in [1.82, 2.24) is 0 Å². The summed E-state index contributed by atoms with van der Waals surface area (Å²) in [6, 6.07) is 8.39. The summed E-state index contributed by atoms with van der Waals surface area (Å²) in [6.07, 6.45) is 0.873. The van der Waals surface area contributed by atoms with Crippen molar-refractivity contribution in [3.8, 4) is 0 Å². The van der Waals surface area contributed by atoms with E-state index in [0.717, 1.165) is 6.42 Å². The van der Waals surface area contributed by atoms with Crippen molar-refractivity contribution in [3.63, 3.8) is 0 Å². The predicted octanol–water partition coefficient (Wildman–Crippen LogP) is 2.95. The molecule has 0 aromatic heterocycles. The minimum absolute atomic E-state index is 0.0118. The Bertz CT molecular complexity index is 211. The number of benzene rings is 1. The van der Waals surface area contributed by atoms with Crippen molar-refractivity contribution in [2.24, 2.45) is 0 Å². The summed E-state index contributed by atoms with van der Waals surface area (Å²) in [6.45, 7) is 3.99. The van der Waals surface area contributed by atoms with Crippen LogP contribution in [0.1, 0.15) is 25.8 Å². The molecule has 1 unspecified atom stereocenters. The Morgan fingerprint density at radius 1 is 1.30 bits per heavy atom. The predicted molar refractivity (Wildman–Crippen MR) is 45.2 cm³/mol. The largest absolute Gasteiger partial charge is 0.0651 e. The molecular weight excluding hydrogens is 120 g/mol. The third kappa shape index (κ3) is 1.87. The summed E-state index contributed by atoms with van der Waals surface area (Å²) in [5, 5.41) is 0. The zero-order chi connectivity index (χ0) is 8.27. The Labute approximate surface area is 64.3 Å². The molecule has 1 rings (SSSR count). The lowest BCUT2D eigenvalue weighted by Gasteiger charge is -1.97. The Kier molecular flexibility index (Phi) is 2.03. The van der Waals surface area contributed by atoms with Gasteiger partial charge in [-0.3, -0.25) is 0 Å². The molecule has 0 radical (unpaired) electrons. The number of hydrogen-bond acceptors (Lipinski definition) is 0. The van der Waals surface area contributed by atoms with Crippen molar-refractivity contribution in [2.75, 3.05) is 0 Å². The first kappa shape index (κ1) is 5.96. The van der Waals surface area contributed by atoms with Crippen LogP contribution < -0.4 is 0 Å². The van der Waals surface area contributed by atoms with Crippen LogP contribution >= 0.6 is 0 Å². The maximum absolute atomic E-state index is 7.37. The third-order valence-corrected chi connectivity index (χ3v) is 1.56. The molecule has 0 aliphatic carbocycles. The Hall–Kier alpha value is -0.780. The van der Waals surface area contributed by atoms with Gasteiger partial charge < -0.3 is 0 Å². The van der Waals surface area contributed by atoms with Gasteiger partial charge in [-0.2, -0.15) is 0 Å². The molecule has 0 N–H and O–H groups in total. The molecule has 0 saturated heterocycles. The molecule has 0 heterocycles. The molecule has 0 aliphatic rings. The van der Waals surface area contributed by atoms with Gasteiger partial charge in [0, 0.05) is 1.37 Å². The highest BCUT2D eigenvalue weighted by atomic mass is 13.9. The molecule has 0 heteroatoms. The van der Waals surface area contributed by atoms with Gasteiger partial charge >= 0.3 is 0 Å². The van der Waals surface area contributed by atoms with E-state index in [2.05, 4.69) is 31.2 Å². The van der Waals surface area contributed by atoms with E-state index in [1.807, 2.05) is 6.92 Å². The maximum Gasteiger partial charge on any atom is 0.0267 e. The Morgan fingerprint density at radius 3 is 2.40 bits per heavy atom. The summed E-state index contributed by atoms with van der Waals surface area (Å²) >= 11 is 0. The van der Waals surface area contributed by atoms with Gasteiger partial charge in [-0.05, 0) is 18.9 Å². The van der Waals surface area contributed by atoms with Gasteiger partial charge in [0.2, 0.25) is 0 Å². The van der Waals surface area contributed by atoms with Crippen LogP contribution in [0.4, 0.5) is 0 Å². The molecular formula is C10H14. The van der Waals surface area contributed by atoms with Gasteiger partial charge in [0.1, 0.15) is 0 Å². The summed E-state index contributed by atoms with van der Waals surface area (Å²) in [5.41, 5.74) is 2.55. The van der Waals surface area contributed by atoms with Crippen LogP contribution in [0.5, 0.6) is 0 Å². The highest BCUT2D eigenvalue weighted by molar-refractivity contribution is 5.21. The standard InChI is InChI=1S/C10H14/c1-3-4-10-7-5-9(2)6-8-10/h5-8H,3-4H2,1-2H3/i3D. The second-order valence-corrected chi connectivity index (χ2v) is 2.60. The van der Waals surface area contributed by atoms with Gasteiger partial charge in [-0.25, -0.2) is 0 Å². The van der Waals surface area contributed by atoms with Gasteiger partial charge in [0.15, 0.2) is 0 Å². The molecule has 0 fully saturated rings. The van der Waals surface area contributed by atoms with E-state index in [0.29, 0.717) is 0 Å². The fourth-order valence-electron chi connectivity index (χ4n) is 0.960. The lowest BCUT2D eigenvalue weighted by atomic mass is 10.1. The first-order valence-corrected chi connectivity index (χ1v) is 3.66. The zero-order valence-electron chi connectivity index (χ0n) is 7.59. The zero-order valence-corrected chi connectivity index (χ0v) is 6.59. The molecule has 54 valence electrons. The van der Waals surface area contributed by atoms with Crippen LogP contribution in [0.15, 0.2) is 24.3 Å². The van der Waals surface area contributed by atoms with Crippen LogP contribution in [-0.2, 0) is 6.42 Å². The molecule has 10 heavy (non-hydrogen) atoms. The summed E-state index contributed by atoms with van der Waals surface area (Å²) in [4.78, 5) is 0. The number of rotatable bonds is 2. The normalized spacial score (nSPS) is 14.4. The molecule has 1 aromatic carbocycles. The second kappa shape index (κ2) is 3.40. The minimum atomic E-state index is 0.0118. The quantitative estimate of drug-likeness (QED) is 0.585. The van der Waals surface area contributed by atoms with E-state index >= 15 is 0 Å². The van der Waals surface area contributed by atoms with Crippen molar-refractivity contribution < 1.29 is 1.37 Å². The maximum atomic E-state index is 7.37. The summed E-state index contributed by atoms with van der Waals surface area (Å²) in [5.74, 6) is 0. The smallest absolute Gasteiger partial charge is 0.0267 e. The van der Waals surface area contributed by atoms with E-state index < -0.39 is 0 Å². The molecule has 0 nitrogen and oxygen atoms in total. The first-order valence-electron chi connectivity index (χ1n) is 4.24. The first-order chi connectivity index (χ1) is 5.18. The van der Waals surface area contributed by atoms with E-state index in [9.17, 15) is 0 Å². The molecule has 1 aromatic rings. The molecule has 0 spiro atoms. The van der Waals surface area contributed by atoms with Crippen LogP contribution in [0.2, 0.25) is 0 Å². The SMILES string of the molecule is [2H]C(C)Cc1ccc(C)cc1. The highest BCUT2D eigenvalue weighted by Gasteiger charge is 1.87. The van der Waals surface area contributed by atoms with Gasteiger partial charge in [-0.1, -0.05) is 43.1 Å². The van der Waals surface area contributed by atoms with Gasteiger partial charge in [0.25, 0.3) is 0 Å². The summed E-state index contributed by atoms with van der Waals surface area (Å²) in [7, 11) is 0. The lowest BCUT2D eigenvalue weighted by Crippen LogP contribution is -1.81. The van der Waals surface area contributed by atoms with Crippen LogP contribution in [-0.4, -0.2) is 0 Å². The van der Waals surface area contributed by atoms with E-state index in [4.69, 9.17) is 1.37 Å². The van der Waals surface area contributed by atoms with Crippen molar-refractivity contribution >= 4 is 0 Å². The highest BCUT2D eigenvalue weighted by Crippen LogP contribution is 2.04. The average Bonchev–Trinajstić information content (AvgIpc) is 1.93. The minimum Gasteiger partial charge on any atom is -0.0651 e. The average molecular weight is 135 g/mol. The molecule has 0 saturated carbocycles. The lowest BCUT2D eigenvalue weighted by molar-refractivity contribution is 0.921. The molecule has 0 bridgehead atoms. The Morgan fingerprint density at radius 2 is 1.90 bits per heavy atom. The van der Waals surface area contributed by atoms with Crippen LogP contribution in [0.25, 0.3) is 0 Å². The van der Waals surface area contributed by atoms with Crippen molar-refractivity contribution in [3.05, 3.63) is 35.4 Å². The van der Waals surface area contributed by atoms with E-state index in [-0.39, 0.29) is 6.40 Å². The van der Waals surface area contributed by atoms with Gasteiger partial charge in [-0.15, -0.1) is 0 Å². The number of aryl methyl sites for hydroxylation is 2. The second-order valence-electron chi connectivity index (χ2n) is 2.60. The number of hydrogen-bond donors (Lipinski definition) is 0. The van der Waals surface area contributed by atoms with Crippen molar-refractivity contribution in [2.45, 2.75) is 26.7 Å². The Balaban J connectivity index is 2.66. The molecule has 1 atom stereocenters. The van der Waals surface area contributed by atoms with E-state index in [1.54, 1.807) is 0 Å². The molecule has 0 aliphatic heterocycles. The topological polar surface area (TPSA) is 0 Å². The molecule has 0 amide bonds.